The zero-order chi connectivity index (χ0) is 11.3. The van der Waals surface area contributed by atoms with E-state index in [1.165, 1.54) is 19.3 Å². The van der Waals surface area contributed by atoms with Crippen molar-refractivity contribution in [3.8, 4) is 0 Å². The third-order valence-corrected chi connectivity index (χ3v) is 3.49. The number of nitrogens with one attached hydrogen (secondary N) is 1. The second kappa shape index (κ2) is 6.46. The SMILES string of the molecule is CC(C)N(C)CCNC1CCCC(N)C1. The number of hydrogen-bond acceptors (Lipinski definition) is 3. The van der Waals surface area contributed by atoms with E-state index < -0.39 is 0 Å². The van der Waals surface area contributed by atoms with Crippen molar-refractivity contribution < 1.29 is 0 Å². The Morgan fingerprint density at radius 3 is 2.73 bits per heavy atom. The van der Waals surface area contributed by atoms with Gasteiger partial charge in [-0.25, -0.2) is 0 Å². The standard InChI is InChI=1S/C12H27N3/c1-10(2)15(3)8-7-14-12-6-4-5-11(13)9-12/h10-12,14H,4-9,13H2,1-3H3. The van der Waals surface area contributed by atoms with Crippen LogP contribution in [0.3, 0.4) is 0 Å². The first kappa shape index (κ1) is 12.9. The van der Waals surface area contributed by atoms with Gasteiger partial charge in [0.2, 0.25) is 0 Å². The van der Waals surface area contributed by atoms with Gasteiger partial charge in [-0.2, -0.15) is 0 Å². The van der Waals surface area contributed by atoms with Crippen molar-refractivity contribution >= 4 is 0 Å². The van der Waals surface area contributed by atoms with Crippen LogP contribution in [0.1, 0.15) is 39.5 Å². The molecule has 1 fully saturated rings. The molecule has 0 bridgehead atoms. The van der Waals surface area contributed by atoms with E-state index in [0.29, 0.717) is 18.1 Å². The third-order valence-electron chi connectivity index (χ3n) is 3.49. The summed E-state index contributed by atoms with van der Waals surface area (Å²) < 4.78 is 0. The highest BCUT2D eigenvalue weighted by molar-refractivity contribution is 4.79. The summed E-state index contributed by atoms with van der Waals surface area (Å²) in [4.78, 5) is 2.37. The molecule has 0 saturated heterocycles. The lowest BCUT2D eigenvalue weighted by Crippen LogP contribution is -2.42. The quantitative estimate of drug-likeness (QED) is 0.721. The van der Waals surface area contributed by atoms with Crippen LogP contribution in [0, 0.1) is 0 Å². The van der Waals surface area contributed by atoms with Gasteiger partial charge in [-0.3, -0.25) is 0 Å². The molecule has 0 aliphatic heterocycles. The summed E-state index contributed by atoms with van der Waals surface area (Å²) >= 11 is 0. The molecular formula is C12H27N3. The van der Waals surface area contributed by atoms with Crippen LogP contribution in [0.2, 0.25) is 0 Å². The lowest BCUT2D eigenvalue weighted by atomic mass is 9.92. The Morgan fingerprint density at radius 1 is 1.40 bits per heavy atom. The molecule has 0 radical (unpaired) electrons. The largest absolute Gasteiger partial charge is 0.328 e. The van der Waals surface area contributed by atoms with Gasteiger partial charge in [0.25, 0.3) is 0 Å². The van der Waals surface area contributed by atoms with Gasteiger partial charge in [0.05, 0.1) is 0 Å². The zero-order valence-electron chi connectivity index (χ0n) is 10.5. The maximum Gasteiger partial charge on any atom is 0.0107 e. The molecule has 0 aromatic carbocycles. The van der Waals surface area contributed by atoms with E-state index in [1.807, 2.05) is 0 Å². The maximum absolute atomic E-state index is 5.95. The second-order valence-electron chi connectivity index (χ2n) is 5.15. The molecule has 3 N–H and O–H groups in total. The minimum absolute atomic E-state index is 0.430. The summed E-state index contributed by atoms with van der Waals surface area (Å²) in [6.45, 7) is 6.68. The fourth-order valence-corrected chi connectivity index (χ4v) is 2.12. The van der Waals surface area contributed by atoms with Crippen molar-refractivity contribution in [1.82, 2.24) is 10.2 Å². The Hall–Kier alpha value is -0.120. The molecule has 0 spiro atoms. The van der Waals surface area contributed by atoms with Gasteiger partial charge < -0.3 is 16.0 Å². The van der Waals surface area contributed by atoms with E-state index in [1.54, 1.807) is 0 Å². The Morgan fingerprint density at radius 2 is 2.13 bits per heavy atom. The summed E-state index contributed by atoms with van der Waals surface area (Å²) in [7, 11) is 2.18. The Bertz CT molecular complexity index is 170. The molecule has 3 nitrogen and oxygen atoms in total. The molecule has 3 heteroatoms. The zero-order valence-corrected chi connectivity index (χ0v) is 10.5. The fraction of sp³-hybridized carbons (Fsp3) is 1.00. The normalized spacial score (nSPS) is 27.6. The second-order valence-corrected chi connectivity index (χ2v) is 5.15. The molecule has 0 aromatic rings. The first-order valence-electron chi connectivity index (χ1n) is 6.28. The van der Waals surface area contributed by atoms with Crippen LogP contribution >= 0.6 is 0 Å². The van der Waals surface area contributed by atoms with E-state index in [9.17, 15) is 0 Å². The summed E-state index contributed by atoms with van der Waals surface area (Å²) in [5.41, 5.74) is 5.95. The van der Waals surface area contributed by atoms with E-state index in [4.69, 9.17) is 5.73 Å². The van der Waals surface area contributed by atoms with Gasteiger partial charge in [-0.05, 0) is 40.2 Å². The first-order valence-corrected chi connectivity index (χ1v) is 6.28. The Labute approximate surface area is 94.4 Å². The molecular weight excluding hydrogens is 186 g/mol. The molecule has 1 aliphatic rings. The molecule has 15 heavy (non-hydrogen) atoms. The van der Waals surface area contributed by atoms with Crippen molar-refractivity contribution in [2.75, 3.05) is 20.1 Å². The highest BCUT2D eigenvalue weighted by Crippen LogP contribution is 2.16. The van der Waals surface area contributed by atoms with Crippen LogP contribution in [0.25, 0.3) is 0 Å². The van der Waals surface area contributed by atoms with Crippen molar-refractivity contribution in [2.45, 2.75) is 57.7 Å². The predicted octanol–water partition coefficient (Wildman–Crippen LogP) is 1.19. The van der Waals surface area contributed by atoms with Crippen LogP contribution < -0.4 is 11.1 Å². The third kappa shape index (κ3) is 4.96. The summed E-state index contributed by atoms with van der Waals surface area (Å²) in [6.07, 6.45) is 4.97. The number of rotatable bonds is 5. The van der Waals surface area contributed by atoms with Gasteiger partial charge in [-0.15, -0.1) is 0 Å². The maximum atomic E-state index is 5.95. The number of hydrogen-bond donors (Lipinski definition) is 2. The van der Waals surface area contributed by atoms with Gasteiger partial charge in [0.1, 0.15) is 0 Å². The highest BCUT2D eigenvalue weighted by Gasteiger charge is 2.18. The van der Waals surface area contributed by atoms with Crippen LogP contribution in [-0.4, -0.2) is 43.2 Å². The molecule has 0 amide bonds. The average Bonchev–Trinajstić information content (AvgIpc) is 2.17. The van der Waals surface area contributed by atoms with Crippen molar-refractivity contribution in [1.29, 1.82) is 0 Å². The molecule has 2 unspecified atom stereocenters. The summed E-state index contributed by atoms with van der Waals surface area (Å²) in [5.74, 6) is 0. The minimum atomic E-state index is 0.430. The average molecular weight is 213 g/mol. The van der Waals surface area contributed by atoms with E-state index in [-0.39, 0.29) is 0 Å². The molecule has 90 valence electrons. The smallest absolute Gasteiger partial charge is 0.0107 e. The number of nitrogens with zero attached hydrogens (tertiary/aromatic N) is 1. The molecule has 2 atom stereocenters. The monoisotopic (exact) mass is 213 g/mol. The highest BCUT2D eigenvalue weighted by atomic mass is 15.1. The van der Waals surface area contributed by atoms with E-state index in [2.05, 4.69) is 31.1 Å². The summed E-state index contributed by atoms with van der Waals surface area (Å²) in [5, 5.41) is 3.62. The topological polar surface area (TPSA) is 41.3 Å². The first-order chi connectivity index (χ1) is 7.09. The summed E-state index contributed by atoms with van der Waals surface area (Å²) in [6, 6.07) is 1.73. The van der Waals surface area contributed by atoms with Crippen molar-refractivity contribution in [3.05, 3.63) is 0 Å². The van der Waals surface area contributed by atoms with Crippen LogP contribution in [0.4, 0.5) is 0 Å². The van der Waals surface area contributed by atoms with Gasteiger partial charge in [0.15, 0.2) is 0 Å². The lowest BCUT2D eigenvalue weighted by molar-refractivity contribution is 0.258. The predicted molar refractivity (Wildman–Crippen MR) is 66.0 cm³/mol. The van der Waals surface area contributed by atoms with Gasteiger partial charge in [-0.1, -0.05) is 6.42 Å². The van der Waals surface area contributed by atoms with Gasteiger partial charge >= 0.3 is 0 Å². The van der Waals surface area contributed by atoms with E-state index in [0.717, 1.165) is 19.5 Å². The van der Waals surface area contributed by atoms with Gasteiger partial charge in [0, 0.05) is 31.2 Å². The van der Waals surface area contributed by atoms with Crippen LogP contribution in [0.15, 0.2) is 0 Å². The van der Waals surface area contributed by atoms with Crippen molar-refractivity contribution in [3.63, 3.8) is 0 Å². The molecule has 1 saturated carbocycles. The molecule has 1 rings (SSSR count). The molecule has 1 aliphatic carbocycles. The number of nitrogens with two attached hydrogens (primary N) is 1. The van der Waals surface area contributed by atoms with Crippen molar-refractivity contribution in [2.24, 2.45) is 5.73 Å². The Kier molecular flexibility index (Phi) is 5.58. The number of likely N-dealkylation sites (N-methyl/N-ethyl adjacent to an activating group) is 1. The van der Waals surface area contributed by atoms with E-state index >= 15 is 0 Å². The fourth-order valence-electron chi connectivity index (χ4n) is 2.12. The van der Waals surface area contributed by atoms with Crippen LogP contribution in [-0.2, 0) is 0 Å². The lowest BCUT2D eigenvalue weighted by Gasteiger charge is -2.29. The molecule has 0 aromatic heterocycles. The minimum Gasteiger partial charge on any atom is -0.328 e. The Balaban J connectivity index is 2.09. The molecule has 0 heterocycles. The van der Waals surface area contributed by atoms with Crippen LogP contribution in [0.5, 0.6) is 0 Å².